The van der Waals surface area contributed by atoms with E-state index in [0.29, 0.717) is 11.7 Å². The lowest BCUT2D eigenvalue weighted by Gasteiger charge is -2.10. The van der Waals surface area contributed by atoms with Crippen LogP contribution in [0.4, 0.5) is 0 Å². The van der Waals surface area contributed by atoms with Crippen LogP contribution >= 0.6 is 0 Å². The minimum absolute atomic E-state index is 0.582. The van der Waals surface area contributed by atoms with E-state index in [1.165, 1.54) is 48.9 Å². The molecule has 0 saturated heterocycles. The van der Waals surface area contributed by atoms with Crippen molar-refractivity contribution in [2.45, 2.75) is 0 Å². The van der Waals surface area contributed by atoms with Gasteiger partial charge in [-0.2, -0.15) is 4.98 Å². The summed E-state index contributed by atoms with van der Waals surface area (Å²) in [7, 11) is 0. The molecule has 5 heterocycles. The summed E-state index contributed by atoms with van der Waals surface area (Å²) < 4.78 is 11.1. The Balaban J connectivity index is 1.37. The van der Waals surface area contributed by atoms with E-state index >= 15 is 0 Å². The van der Waals surface area contributed by atoms with Crippen molar-refractivity contribution in [2.24, 2.45) is 0 Å². The summed E-state index contributed by atoms with van der Waals surface area (Å²) in [5.41, 5.74) is 9.10. The molecule has 6 aromatic carbocycles. The molecule has 5 nitrogen and oxygen atoms in total. The number of hydrogen-bond donors (Lipinski definition) is 0. The number of benzene rings is 6. The van der Waals surface area contributed by atoms with E-state index in [1.807, 2.05) is 24.3 Å². The molecule has 0 atom stereocenters. The fourth-order valence-corrected chi connectivity index (χ4v) is 7.70. The minimum Gasteiger partial charge on any atom is -0.437 e. The van der Waals surface area contributed by atoms with Gasteiger partial charge >= 0.3 is 0 Å². The molecule has 45 heavy (non-hydrogen) atoms. The summed E-state index contributed by atoms with van der Waals surface area (Å²) in [5, 5.41) is 9.29. The highest BCUT2D eigenvalue weighted by Gasteiger charge is 2.25. The van der Waals surface area contributed by atoms with Crippen LogP contribution in [-0.4, -0.2) is 18.9 Å². The summed E-state index contributed by atoms with van der Waals surface area (Å²) in [6.07, 6.45) is 0. The summed E-state index contributed by atoms with van der Waals surface area (Å²) in [6, 6.07) is 46.9. The third-order valence-corrected chi connectivity index (χ3v) is 9.48. The molecule has 11 rings (SSSR count). The summed E-state index contributed by atoms with van der Waals surface area (Å²) in [4.78, 5) is 10.5. The number of furan rings is 1. The van der Waals surface area contributed by atoms with Crippen LogP contribution in [0, 0.1) is 0 Å². The van der Waals surface area contributed by atoms with Gasteiger partial charge in [-0.15, -0.1) is 0 Å². The summed E-state index contributed by atoms with van der Waals surface area (Å²) in [6.45, 7) is 0. The molecule has 0 bridgehead atoms. The highest BCUT2D eigenvalue weighted by atomic mass is 16.3. The van der Waals surface area contributed by atoms with Gasteiger partial charge in [0.1, 0.15) is 5.58 Å². The summed E-state index contributed by atoms with van der Waals surface area (Å²) >= 11 is 0. The SMILES string of the molecule is c1ccc(-c2nc(-n3c4ccccc4c4c5c6ccccc6n6c7ccccc7c(cc43)c56)nc3oc4ccccc4c23)cc1. The van der Waals surface area contributed by atoms with Gasteiger partial charge in [-0.05, 0) is 30.3 Å². The van der Waals surface area contributed by atoms with E-state index in [0.717, 1.165) is 38.6 Å². The van der Waals surface area contributed by atoms with Gasteiger partial charge in [-0.25, -0.2) is 4.98 Å². The van der Waals surface area contributed by atoms with Gasteiger partial charge in [0.05, 0.1) is 38.7 Å². The van der Waals surface area contributed by atoms with Crippen LogP contribution < -0.4 is 0 Å². The van der Waals surface area contributed by atoms with Crippen molar-refractivity contribution < 1.29 is 4.42 Å². The van der Waals surface area contributed by atoms with E-state index in [2.05, 4.69) is 118 Å². The minimum atomic E-state index is 0.582. The van der Waals surface area contributed by atoms with E-state index < -0.39 is 0 Å². The molecule has 0 saturated carbocycles. The van der Waals surface area contributed by atoms with E-state index in [4.69, 9.17) is 14.4 Å². The molecule has 0 fully saturated rings. The van der Waals surface area contributed by atoms with Crippen LogP contribution in [0.2, 0.25) is 0 Å². The van der Waals surface area contributed by atoms with Crippen molar-refractivity contribution >= 4 is 82.0 Å². The second kappa shape index (κ2) is 8.24. The highest BCUT2D eigenvalue weighted by molar-refractivity contribution is 6.35. The van der Waals surface area contributed by atoms with Crippen LogP contribution in [0.25, 0.3) is 99.2 Å². The molecule has 5 aromatic heterocycles. The Hall–Kier alpha value is -6.20. The average Bonchev–Trinajstić information content (AvgIpc) is 3.83. The van der Waals surface area contributed by atoms with Gasteiger partial charge in [-0.1, -0.05) is 103 Å². The van der Waals surface area contributed by atoms with Crippen LogP contribution in [0.15, 0.2) is 138 Å². The lowest BCUT2D eigenvalue weighted by atomic mass is 10.0. The number of rotatable bonds is 2. The van der Waals surface area contributed by atoms with Crippen LogP contribution in [-0.2, 0) is 0 Å². The molecule has 0 aliphatic carbocycles. The Labute approximate surface area is 255 Å². The molecule has 5 heteroatoms. The molecular weight excluding hydrogens is 552 g/mol. The zero-order valence-corrected chi connectivity index (χ0v) is 23.9. The Morgan fingerprint density at radius 2 is 1.09 bits per heavy atom. The summed E-state index contributed by atoms with van der Waals surface area (Å²) in [5.74, 6) is 0.591. The Bertz CT molecular complexity index is 2980. The topological polar surface area (TPSA) is 48.3 Å². The van der Waals surface area contributed by atoms with Crippen molar-refractivity contribution in [2.75, 3.05) is 0 Å². The van der Waals surface area contributed by atoms with Gasteiger partial charge in [-0.3, -0.25) is 4.57 Å². The second-order valence-corrected chi connectivity index (χ2v) is 11.8. The fourth-order valence-electron chi connectivity index (χ4n) is 7.70. The predicted molar refractivity (Wildman–Crippen MR) is 184 cm³/mol. The van der Waals surface area contributed by atoms with Gasteiger partial charge in [0.15, 0.2) is 0 Å². The van der Waals surface area contributed by atoms with E-state index in [1.54, 1.807) is 0 Å². The molecule has 0 N–H and O–H groups in total. The molecule has 11 aromatic rings. The highest BCUT2D eigenvalue weighted by Crippen LogP contribution is 2.46. The largest absolute Gasteiger partial charge is 0.437 e. The maximum Gasteiger partial charge on any atom is 0.238 e. The standard InChI is InChI=1S/C40H22N4O/c1-2-12-23(13-3-1)37-36-27-17-7-11-21-33(27)45-39(36)42-40(41-37)44-31-20-10-5-15-25(31)34-32(44)22-28-24-14-4-8-18-29(24)43-30-19-9-6-16-26(30)35(34)38(28)43/h1-22H. The fraction of sp³-hybridized carbons (Fsp3) is 0. The van der Waals surface area contributed by atoms with Crippen molar-refractivity contribution in [1.29, 1.82) is 0 Å². The maximum absolute atomic E-state index is 6.42. The van der Waals surface area contributed by atoms with Crippen LogP contribution in [0.1, 0.15) is 0 Å². The Kier molecular flexibility index (Phi) is 4.26. The number of aromatic nitrogens is 4. The molecule has 0 aliphatic rings. The van der Waals surface area contributed by atoms with Crippen molar-refractivity contribution in [3.8, 4) is 17.2 Å². The maximum atomic E-state index is 6.42. The Morgan fingerprint density at radius 3 is 1.89 bits per heavy atom. The molecule has 0 amide bonds. The second-order valence-electron chi connectivity index (χ2n) is 11.8. The van der Waals surface area contributed by atoms with Gasteiger partial charge < -0.3 is 8.82 Å². The van der Waals surface area contributed by atoms with Crippen molar-refractivity contribution in [3.05, 3.63) is 133 Å². The van der Waals surface area contributed by atoms with Crippen LogP contribution in [0.3, 0.4) is 0 Å². The molecule has 0 unspecified atom stereocenters. The van der Waals surface area contributed by atoms with E-state index in [-0.39, 0.29) is 0 Å². The van der Waals surface area contributed by atoms with Crippen molar-refractivity contribution in [3.63, 3.8) is 0 Å². The molecule has 0 radical (unpaired) electrons. The lowest BCUT2D eigenvalue weighted by molar-refractivity contribution is 0.651. The first kappa shape index (κ1) is 23.3. The number of fused-ring (bicyclic) bond motifs is 13. The smallest absolute Gasteiger partial charge is 0.238 e. The quantitative estimate of drug-likeness (QED) is 0.206. The average molecular weight is 575 g/mol. The molecular formula is C40H22N4O. The normalized spacial score (nSPS) is 12.4. The number of nitrogens with zero attached hydrogens (tertiary/aromatic N) is 4. The molecule has 0 aliphatic heterocycles. The first-order valence-corrected chi connectivity index (χ1v) is 15.2. The zero-order chi connectivity index (χ0) is 29.2. The molecule has 0 spiro atoms. The third-order valence-electron chi connectivity index (χ3n) is 9.48. The van der Waals surface area contributed by atoms with Crippen molar-refractivity contribution in [1.82, 2.24) is 18.9 Å². The van der Waals surface area contributed by atoms with Crippen LogP contribution in [0.5, 0.6) is 0 Å². The first-order chi connectivity index (χ1) is 22.3. The van der Waals surface area contributed by atoms with Gasteiger partial charge in [0.2, 0.25) is 11.7 Å². The monoisotopic (exact) mass is 574 g/mol. The number of hydrogen-bond acceptors (Lipinski definition) is 3. The molecule has 208 valence electrons. The first-order valence-electron chi connectivity index (χ1n) is 15.2. The van der Waals surface area contributed by atoms with Gasteiger partial charge in [0, 0.05) is 43.3 Å². The Morgan fingerprint density at radius 1 is 0.467 bits per heavy atom. The van der Waals surface area contributed by atoms with Gasteiger partial charge in [0.25, 0.3) is 0 Å². The third kappa shape index (κ3) is 2.88. The predicted octanol–water partition coefficient (Wildman–Crippen LogP) is 10.3. The zero-order valence-electron chi connectivity index (χ0n) is 23.9. The lowest BCUT2D eigenvalue weighted by Crippen LogP contribution is -2.02. The van der Waals surface area contributed by atoms with E-state index in [9.17, 15) is 0 Å². The number of para-hydroxylation sites is 4.